The topological polar surface area (TPSA) is 68.3 Å². The molecule has 0 saturated carbocycles. The van der Waals surface area contributed by atoms with Crippen LogP contribution >= 0.6 is 15.9 Å². The van der Waals surface area contributed by atoms with E-state index < -0.39 is 17.7 Å². The van der Waals surface area contributed by atoms with Crippen LogP contribution < -0.4 is 5.32 Å². The molecule has 0 aliphatic rings. The van der Waals surface area contributed by atoms with Gasteiger partial charge in [-0.2, -0.15) is 0 Å². The van der Waals surface area contributed by atoms with E-state index in [1.54, 1.807) is 12.1 Å². The number of hydrogen-bond acceptors (Lipinski definition) is 4. The summed E-state index contributed by atoms with van der Waals surface area (Å²) in [6.07, 6.45) is 1.36. The Kier molecular flexibility index (Phi) is 4.64. The normalized spacial score (nSPS) is 10.0. The van der Waals surface area contributed by atoms with Gasteiger partial charge in [0.2, 0.25) is 0 Å². The number of methoxy groups -OCH3 is 1. The van der Waals surface area contributed by atoms with Crippen LogP contribution in [0.3, 0.4) is 0 Å². The first-order valence-electron chi connectivity index (χ1n) is 5.82. The fourth-order valence-electron chi connectivity index (χ4n) is 1.61. The predicted molar refractivity (Wildman–Crippen MR) is 77.6 cm³/mol. The Labute approximate surface area is 128 Å². The number of nitrogens with zero attached hydrogens (tertiary/aromatic N) is 1. The van der Waals surface area contributed by atoms with Crippen molar-refractivity contribution in [1.82, 2.24) is 4.98 Å². The molecule has 0 atom stereocenters. The van der Waals surface area contributed by atoms with E-state index in [1.807, 2.05) is 0 Å². The molecule has 1 heterocycles. The molecule has 21 heavy (non-hydrogen) atoms. The quantitative estimate of drug-likeness (QED) is 0.680. The van der Waals surface area contributed by atoms with E-state index in [-0.39, 0.29) is 16.8 Å². The Morgan fingerprint density at radius 1 is 1.29 bits per heavy atom. The van der Waals surface area contributed by atoms with E-state index in [4.69, 9.17) is 0 Å². The van der Waals surface area contributed by atoms with Gasteiger partial charge in [0.15, 0.2) is 0 Å². The third-order valence-corrected chi connectivity index (χ3v) is 3.09. The molecule has 0 bridgehead atoms. The van der Waals surface area contributed by atoms with Gasteiger partial charge in [0.25, 0.3) is 5.91 Å². The van der Waals surface area contributed by atoms with E-state index in [1.165, 1.54) is 19.4 Å². The van der Waals surface area contributed by atoms with Gasteiger partial charge in [0.1, 0.15) is 10.4 Å². The lowest BCUT2D eigenvalue weighted by Crippen LogP contribution is -2.16. The van der Waals surface area contributed by atoms with Crippen LogP contribution in [0.15, 0.2) is 41.1 Å². The van der Waals surface area contributed by atoms with Gasteiger partial charge < -0.3 is 10.1 Å². The van der Waals surface area contributed by atoms with Crippen LogP contribution in [0.1, 0.15) is 20.7 Å². The van der Waals surface area contributed by atoms with Gasteiger partial charge in [-0.05, 0) is 46.3 Å². The van der Waals surface area contributed by atoms with Crippen molar-refractivity contribution in [2.75, 3.05) is 12.4 Å². The van der Waals surface area contributed by atoms with Gasteiger partial charge in [-0.1, -0.05) is 0 Å². The average molecular weight is 353 g/mol. The fourth-order valence-corrected chi connectivity index (χ4v) is 1.85. The molecule has 1 amide bonds. The molecule has 1 aromatic heterocycles. The van der Waals surface area contributed by atoms with Crippen molar-refractivity contribution in [2.45, 2.75) is 0 Å². The van der Waals surface area contributed by atoms with Crippen molar-refractivity contribution in [3.8, 4) is 0 Å². The standard InChI is InChI=1S/C14H10BrFN2O3/c1-21-14(20)10-4-3-9(16)6-11(10)18-13(19)8-2-5-12(15)17-7-8/h2-7H,1H3,(H,18,19). The Balaban J connectivity index is 2.30. The van der Waals surface area contributed by atoms with Crippen molar-refractivity contribution in [2.24, 2.45) is 0 Å². The van der Waals surface area contributed by atoms with Crippen molar-refractivity contribution >= 4 is 33.5 Å². The molecule has 0 saturated heterocycles. The minimum Gasteiger partial charge on any atom is -0.465 e. The summed E-state index contributed by atoms with van der Waals surface area (Å²) in [5, 5.41) is 2.47. The van der Waals surface area contributed by atoms with E-state index in [0.29, 0.717) is 4.60 Å². The summed E-state index contributed by atoms with van der Waals surface area (Å²) < 4.78 is 18.5. The zero-order chi connectivity index (χ0) is 15.4. The summed E-state index contributed by atoms with van der Waals surface area (Å²) in [6.45, 7) is 0. The first-order chi connectivity index (χ1) is 10.0. The second-order valence-corrected chi connectivity index (χ2v) is 4.82. The summed E-state index contributed by atoms with van der Waals surface area (Å²) in [5.74, 6) is -1.75. The summed E-state index contributed by atoms with van der Waals surface area (Å²) in [4.78, 5) is 27.6. The molecule has 0 unspecified atom stereocenters. The lowest BCUT2D eigenvalue weighted by molar-refractivity contribution is 0.0602. The number of carbonyl (C=O) groups is 2. The molecular formula is C14H10BrFN2O3. The summed E-state index contributed by atoms with van der Waals surface area (Å²) >= 11 is 3.16. The van der Waals surface area contributed by atoms with E-state index in [2.05, 4.69) is 31.0 Å². The second kappa shape index (κ2) is 6.45. The number of pyridine rings is 1. The lowest BCUT2D eigenvalue weighted by Gasteiger charge is -2.10. The van der Waals surface area contributed by atoms with Gasteiger partial charge in [0, 0.05) is 6.20 Å². The van der Waals surface area contributed by atoms with Crippen LogP contribution in [0.5, 0.6) is 0 Å². The number of nitrogens with one attached hydrogen (secondary N) is 1. The van der Waals surface area contributed by atoms with Crippen LogP contribution in [0.4, 0.5) is 10.1 Å². The first-order valence-corrected chi connectivity index (χ1v) is 6.61. The number of rotatable bonds is 3. The number of carbonyl (C=O) groups excluding carboxylic acids is 2. The maximum absolute atomic E-state index is 13.3. The number of anilines is 1. The van der Waals surface area contributed by atoms with E-state index in [9.17, 15) is 14.0 Å². The fraction of sp³-hybridized carbons (Fsp3) is 0.0714. The van der Waals surface area contributed by atoms with E-state index >= 15 is 0 Å². The minimum atomic E-state index is -0.667. The molecule has 0 spiro atoms. The van der Waals surface area contributed by atoms with Gasteiger partial charge in [0.05, 0.1) is 23.9 Å². The number of esters is 1. The summed E-state index contributed by atoms with van der Waals surface area (Å²) in [5.41, 5.74) is 0.380. The molecule has 2 aromatic rings. The van der Waals surface area contributed by atoms with Crippen LogP contribution in [0.25, 0.3) is 0 Å². The Morgan fingerprint density at radius 2 is 2.05 bits per heavy atom. The Morgan fingerprint density at radius 3 is 2.67 bits per heavy atom. The highest BCUT2D eigenvalue weighted by Gasteiger charge is 2.15. The highest BCUT2D eigenvalue weighted by Crippen LogP contribution is 2.19. The first kappa shape index (κ1) is 15.1. The summed E-state index contributed by atoms with van der Waals surface area (Å²) in [6, 6.07) is 6.56. The largest absolute Gasteiger partial charge is 0.465 e. The molecule has 0 aliphatic carbocycles. The minimum absolute atomic E-state index is 0.0368. The molecule has 0 aliphatic heterocycles. The number of aromatic nitrogens is 1. The third-order valence-electron chi connectivity index (χ3n) is 2.62. The SMILES string of the molecule is COC(=O)c1ccc(F)cc1NC(=O)c1ccc(Br)nc1. The summed E-state index contributed by atoms with van der Waals surface area (Å²) in [7, 11) is 1.20. The monoisotopic (exact) mass is 352 g/mol. The van der Waals surface area contributed by atoms with Crippen molar-refractivity contribution in [3.63, 3.8) is 0 Å². The van der Waals surface area contributed by atoms with Crippen molar-refractivity contribution < 1.29 is 18.7 Å². The molecule has 1 N–H and O–H groups in total. The van der Waals surface area contributed by atoms with E-state index in [0.717, 1.165) is 12.1 Å². The number of amides is 1. The Hall–Kier alpha value is -2.28. The maximum atomic E-state index is 13.3. The van der Waals surface area contributed by atoms with Crippen LogP contribution in [0.2, 0.25) is 0 Å². The smallest absolute Gasteiger partial charge is 0.339 e. The van der Waals surface area contributed by atoms with Gasteiger partial charge in [-0.3, -0.25) is 4.79 Å². The average Bonchev–Trinajstić information content (AvgIpc) is 2.47. The maximum Gasteiger partial charge on any atom is 0.339 e. The molecule has 1 aromatic carbocycles. The molecule has 0 fully saturated rings. The van der Waals surface area contributed by atoms with Crippen molar-refractivity contribution in [1.29, 1.82) is 0 Å². The molecule has 5 nitrogen and oxygen atoms in total. The molecule has 0 radical (unpaired) electrons. The van der Waals surface area contributed by atoms with Gasteiger partial charge >= 0.3 is 5.97 Å². The van der Waals surface area contributed by atoms with Gasteiger partial charge in [-0.15, -0.1) is 0 Å². The lowest BCUT2D eigenvalue weighted by atomic mass is 10.1. The highest BCUT2D eigenvalue weighted by molar-refractivity contribution is 9.10. The number of halogens is 2. The third kappa shape index (κ3) is 3.63. The molecule has 7 heteroatoms. The predicted octanol–water partition coefficient (Wildman–Crippen LogP) is 3.02. The van der Waals surface area contributed by atoms with Crippen LogP contribution in [0, 0.1) is 5.82 Å². The second-order valence-electron chi connectivity index (χ2n) is 4.01. The molecule has 108 valence electrons. The molecular weight excluding hydrogens is 343 g/mol. The zero-order valence-electron chi connectivity index (χ0n) is 10.9. The number of ether oxygens (including phenoxy) is 1. The number of benzene rings is 1. The van der Waals surface area contributed by atoms with Crippen molar-refractivity contribution in [3.05, 3.63) is 58.1 Å². The zero-order valence-corrected chi connectivity index (χ0v) is 12.5. The highest BCUT2D eigenvalue weighted by atomic mass is 79.9. The number of hydrogen-bond donors (Lipinski definition) is 1. The molecule has 2 rings (SSSR count). The van der Waals surface area contributed by atoms with Crippen LogP contribution in [-0.2, 0) is 4.74 Å². The van der Waals surface area contributed by atoms with Crippen LogP contribution in [-0.4, -0.2) is 24.0 Å². The Bertz CT molecular complexity index is 689. The van der Waals surface area contributed by atoms with Gasteiger partial charge in [-0.25, -0.2) is 14.2 Å².